The van der Waals surface area contributed by atoms with Gasteiger partial charge < -0.3 is 5.32 Å². The van der Waals surface area contributed by atoms with Crippen LogP contribution in [0, 0.1) is 5.92 Å². The van der Waals surface area contributed by atoms with Gasteiger partial charge in [-0.3, -0.25) is 9.78 Å². The second-order valence-corrected chi connectivity index (χ2v) is 5.63. The Morgan fingerprint density at radius 3 is 2.43 bits per heavy atom. The number of pyridine rings is 1. The number of nitrogens with one attached hydrogen (secondary N) is 1. The molecule has 0 aliphatic rings. The monoisotopic (exact) mass is 282 g/mol. The average molecular weight is 282 g/mol. The van der Waals surface area contributed by atoms with Crippen LogP contribution in [0.3, 0.4) is 0 Å². The molecule has 0 fully saturated rings. The van der Waals surface area contributed by atoms with E-state index in [4.69, 9.17) is 0 Å². The van der Waals surface area contributed by atoms with Crippen LogP contribution in [0.4, 0.5) is 0 Å². The van der Waals surface area contributed by atoms with Crippen molar-refractivity contribution >= 4 is 5.91 Å². The lowest BCUT2D eigenvalue weighted by Crippen LogP contribution is -2.33. The lowest BCUT2D eigenvalue weighted by molar-refractivity contribution is -0.122. The number of hydrogen-bond acceptors (Lipinski definition) is 2. The van der Waals surface area contributed by atoms with Crippen molar-refractivity contribution in [2.75, 3.05) is 6.54 Å². The van der Waals surface area contributed by atoms with Crippen LogP contribution in [-0.2, 0) is 11.2 Å². The fourth-order valence-electron chi connectivity index (χ4n) is 2.20. The molecule has 0 aliphatic carbocycles. The third kappa shape index (κ3) is 4.71. The molecule has 1 aromatic heterocycles. The van der Waals surface area contributed by atoms with Gasteiger partial charge in [-0.2, -0.15) is 0 Å². The number of aromatic nitrogens is 1. The van der Waals surface area contributed by atoms with E-state index in [0.29, 0.717) is 18.9 Å². The molecule has 2 rings (SSSR count). The number of nitrogens with zero attached hydrogens (tertiary/aromatic N) is 1. The molecule has 1 atom stereocenters. The van der Waals surface area contributed by atoms with Gasteiger partial charge >= 0.3 is 0 Å². The Balaban J connectivity index is 2.16. The highest BCUT2D eigenvalue weighted by molar-refractivity contribution is 5.83. The maximum absolute atomic E-state index is 12.5. The van der Waals surface area contributed by atoms with Gasteiger partial charge in [0.05, 0.1) is 5.92 Å². The SMILES string of the molecule is CC(C)CNC(=O)C(Cc1ccccn1)c1ccccc1. The lowest BCUT2D eigenvalue weighted by atomic mass is 9.93. The third-order valence-corrected chi connectivity index (χ3v) is 3.34. The Bertz CT molecular complexity index is 552. The Kier molecular flexibility index (Phi) is 5.50. The van der Waals surface area contributed by atoms with E-state index < -0.39 is 0 Å². The van der Waals surface area contributed by atoms with Gasteiger partial charge in [-0.05, 0) is 23.6 Å². The number of carbonyl (C=O) groups is 1. The minimum Gasteiger partial charge on any atom is -0.355 e. The number of hydrogen-bond donors (Lipinski definition) is 1. The van der Waals surface area contributed by atoms with Crippen molar-refractivity contribution in [2.45, 2.75) is 26.2 Å². The van der Waals surface area contributed by atoms with Crippen LogP contribution in [0.25, 0.3) is 0 Å². The summed E-state index contributed by atoms with van der Waals surface area (Å²) in [6.45, 7) is 4.89. The van der Waals surface area contributed by atoms with Crippen molar-refractivity contribution in [3.63, 3.8) is 0 Å². The highest BCUT2D eigenvalue weighted by atomic mass is 16.1. The topological polar surface area (TPSA) is 42.0 Å². The molecule has 1 unspecified atom stereocenters. The number of carbonyl (C=O) groups excluding carboxylic acids is 1. The predicted octanol–water partition coefficient (Wildman–Crippen LogP) is 3.18. The number of rotatable bonds is 6. The molecule has 21 heavy (non-hydrogen) atoms. The molecule has 0 radical (unpaired) electrons. The zero-order valence-corrected chi connectivity index (χ0v) is 12.6. The summed E-state index contributed by atoms with van der Waals surface area (Å²) in [5.41, 5.74) is 1.97. The van der Waals surface area contributed by atoms with Crippen molar-refractivity contribution in [3.8, 4) is 0 Å². The Morgan fingerprint density at radius 2 is 1.81 bits per heavy atom. The maximum Gasteiger partial charge on any atom is 0.227 e. The van der Waals surface area contributed by atoms with Gasteiger partial charge in [0.25, 0.3) is 0 Å². The van der Waals surface area contributed by atoms with Crippen LogP contribution >= 0.6 is 0 Å². The zero-order valence-electron chi connectivity index (χ0n) is 12.6. The lowest BCUT2D eigenvalue weighted by Gasteiger charge is -2.18. The fraction of sp³-hybridized carbons (Fsp3) is 0.333. The highest BCUT2D eigenvalue weighted by Crippen LogP contribution is 2.20. The van der Waals surface area contributed by atoms with Crippen LogP contribution in [0.15, 0.2) is 54.7 Å². The molecule has 3 heteroatoms. The van der Waals surface area contributed by atoms with Crippen LogP contribution in [-0.4, -0.2) is 17.4 Å². The average Bonchev–Trinajstić information content (AvgIpc) is 2.52. The Labute approximate surface area is 126 Å². The molecule has 1 amide bonds. The van der Waals surface area contributed by atoms with Crippen LogP contribution in [0.1, 0.15) is 31.0 Å². The van der Waals surface area contributed by atoms with Gasteiger partial charge in [0.15, 0.2) is 0 Å². The molecule has 2 aromatic rings. The largest absolute Gasteiger partial charge is 0.355 e. The van der Waals surface area contributed by atoms with E-state index in [2.05, 4.69) is 24.1 Å². The van der Waals surface area contributed by atoms with Gasteiger partial charge in [0.2, 0.25) is 5.91 Å². The minimum atomic E-state index is -0.195. The highest BCUT2D eigenvalue weighted by Gasteiger charge is 2.21. The first kappa shape index (κ1) is 15.2. The molecule has 1 N–H and O–H groups in total. The van der Waals surface area contributed by atoms with Gasteiger partial charge in [0, 0.05) is 24.9 Å². The first-order chi connectivity index (χ1) is 10.2. The molecule has 0 aliphatic heterocycles. The summed E-state index contributed by atoms with van der Waals surface area (Å²) >= 11 is 0. The summed E-state index contributed by atoms with van der Waals surface area (Å²) in [4.78, 5) is 16.9. The summed E-state index contributed by atoms with van der Waals surface area (Å²) in [7, 11) is 0. The molecule has 1 heterocycles. The van der Waals surface area contributed by atoms with E-state index in [9.17, 15) is 4.79 Å². The molecule has 0 saturated heterocycles. The van der Waals surface area contributed by atoms with E-state index in [0.717, 1.165) is 11.3 Å². The van der Waals surface area contributed by atoms with Crippen molar-refractivity contribution in [1.82, 2.24) is 10.3 Å². The summed E-state index contributed by atoms with van der Waals surface area (Å²) in [6.07, 6.45) is 2.39. The number of benzene rings is 1. The first-order valence-electron chi connectivity index (χ1n) is 7.39. The van der Waals surface area contributed by atoms with E-state index >= 15 is 0 Å². The van der Waals surface area contributed by atoms with Crippen LogP contribution < -0.4 is 5.32 Å². The van der Waals surface area contributed by atoms with Crippen molar-refractivity contribution < 1.29 is 4.79 Å². The van der Waals surface area contributed by atoms with Crippen molar-refractivity contribution in [3.05, 3.63) is 66.0 Å². The summed E-state index contributed by atoms with van der Waals surface area (Å²) in [5.74, 6) is 0.320. The summed E-state index contributed by atoms with van der Waals surface area (Å²) < 4.78 is 0. The first-order valence-corrected chi connectivity index (χ1v) is 7.39. The molecular weight excluding hydrogens is 260 g/mol. The summed E-state index contributed by atoms with van der Waals surface area (Å²) in [6, 6.07) is 15.7. The van der Waals surface area contributed by atoms with Crippen molar-refractivity contribution in [2.24, 2.45) is 5.92 Å². The molecule has 3 nitrogen and oxygen atoms in total. The van der Waals surface area contributed by atoms with E-state index in [1.165, 1.54) is 0 Å². The second kappa shape index (κ2) is 7.58. The quantitative estimate of drug-likeness (QED) is 0.884. The van der Waals surface area contributed by atoms with Crippen LogP contribution in [0.5, 0.6) is 0 Å². The Morgan fingerprint density at radius 1 is 1.10 bits per heavy atom. The standard InChI is InChI=1S/C18H22N2O/c1-14(2)13-20-18(21)17(15-8-4-3-5-9-15)12-16-10-6-7-11-19-16/h3-11,14,17H,12-13H2,1-2H3,(H,20,21). The summed E-state index contributed by atoms with van der Waals surface area (Å²) in [5, 5.41) is 3.03. The smallest absolute Gasteiger partial charge is 0.227 e. The van der Waals surface area contributed by atoms with Gasteiger partial charge in [-0.25, -0.2) is 0 Å². The molecule has 0 spiro atoms. The number of amides is 1. The fourth-order valence-corrected chi connectivity index (χ4v) is 2.20. The van der Waals surface area contributed by atoms with E-state index in [-0.39, 0.29) is 11.8 Å². The van der Waals surface area contributed by atoms with Gasteiger partial charge in [-0.15, -0.1) is 0 Å². The van der Waals surface area contributed by atoms with Gasteiger partial charge in [-0.1, -0.05) is 50.2 Å². The van der Waals surface area contributed by atoms with Crippen molar-refractivity contribution in [1.29, 1.82) is 0 Å². The molecule has 0 saturated carbocycles. The maximum atomic E-state index is 12.5. The van der Waals surface area contributed by atoms with E-state index in [1.54, 1.807) is 6.20 Å². The molecule has 1 aromatic carbocycles. The van der Waals surface area contributed by atoms with Gasteiger partial charge in [0.1, 0.15) is 0 Å². The normalized spacial score (nSPS) is 12.1. The minimum absolute atomic E-state index is 0.0700. The second-order valence-electron chi connectivity index (χ2n) is 5.63. The van der Waals surface area contributed by atoms with E-state index in [1.807, 2.05) is 48.5 Å². The zero-order chi connectivity index (χ0) is 15.1. The Hall–Kier alpha value is -2.16. The predicted molar refractivity (Wildman–Crippen MR) is 85.0 cm³/mol. The molecule has 110 valence electrons. The van der Waals surface area contributed by atoms with Crippen LogP contribution in [0.2, 0.25) is 0 Å². The third-order valence-electron chi connectivity index (χ3n) is 3.34. The molecular formula is C18H22N2O. The molecule has 0 bridgehead atoms.